The lowest BCUT2D eigenvalue weighted by Crippen LogP contribution is -2.42. The topological polar surface area (TPSA) is 95.2 Å². The molecule has 1 aliphatic heterocycles. The fourth-order valence-electron chi connectivity index (χ4n) is 3.91. The third-order valence-corrected chi connectivity index (χ3v) is 6.46. The first-order valence-corrected chi connectivity index (χ1v) is 11.7. The minimum Gasteiger partial charge on any atom is -0.484 e. The summed E-state index contributed by atoms with van der Waals surface area (Å²) in [4.78, 5) is 26.5. The van der Waals surface area contributed by atoms with Crippen molar-refractivity contribution in [1.29, 1.82) is 0 Å². The lowest BCUT2D eigenvalue weighted by atomic mass is 10.0. The first-order chi connectivity index (χ1) is 15.4. The van der Waals surface area contributed by atoms with Crippen molar-refractivity contribution < 1.29 is 9.53 Å². The molecule has 4 rings (SSSR count). The van der Waals surface area contributed by atoms with E-state index in [1.165, 1.54) is 0 Å². The highest BCUT2D eigenvalue weighted by Gasteiger charge is 2.23. The highest BCUT2D eigenvalue weighted by Crippen LogP contribution is 2.32. The molecule has 8 nitrogen and oxygen atoms in total. The number of pyridine rings is 1. The summed E-state index contributed by atoms with van der Waals surface area (Å²) in [5.41, 5.74) is 3.48. The quantitative estimate of drug-likeness (QED) is 0.456. The number of rotatable bonds is 7. The minimum absolute atomic E-state index is 0.0104. The SMILES string of the molecule is CNC(=O)COc1ccc(-c2nc3ncc(Br)c(NC4CCN(C(C)C)CC4)c3[nH]2)cc1. The van der Waals surface area contributed by atoms with Gasteiger partial charge in [0.1, 0.15) is 17.1 Å². The maximum Gasteiger partial charge on any atom is 0.257 e. The number of ether oxygens (including phenoxy) is 1. The van der Waals surface area contributed by atoms with Gasteiger partial charge in [0.25, 0.3) is 5.91 Å². The van der Waals surface area contributed by atoms with E-state index in [-0.39, 0.29) is 12.5 Å². The third-order valence-electron chi connectivity index (χ3n) is 5.86. The van der Waals surface area contributed by atoms with Crippen molar-refractivity contribution in [2.24, 2.45) is 0 Å². The van der Waals surface area contributed by atoms with Gasteiger partial charge in [-0.15, -0.1) is 0 Å². The number of halogens is 1. The number of anilines is 1. The van der Waals surface area contributed by atoms with Crippen LogP contribution in [0.2, 0.25) is 0 Å². The lowest BCUT2D eigenvalue weighted by molar-refractivity contribution is -0.122. The summed E-state index contributed by atoms with van der Waals surface area (Å²) >= 11 is 3.66. The standard InChI is InChI=1S/C23H29BrN6O2/c1-14(2)30-10-8-16(9-11-30)27-20-18(24)12-26-23-21(20)28-22(29-23)15-4-6-17(7-5-15)32-13-19(31)25-3/h4-7,12,14,16H,8-11,13H2,1-3H3,(H,25,31)(H2,26,27,28,29). The number of hydrogen-bond acceptors (Lipinski definition) is 6. The summed E-state index contributed by atoms with van der Waals surface area (Å²) in [6, 6.07) is 8.50. The molecular weight excluding hydrogens is 472 g/mol. The zero-order chi connectivity index (χ0) is 22.7. The summed E-state index contributed by atoms with van der Waals surface area (Å²) in [6.07, 6.45) is 4.01. The highest BCUT2D eigenvalue weighted by atomic mass is 79.9. The van der Waals surface area contributed by atoms with E-state index < -0.39 is 0 Å². The maximum absolute atomic E-state index is 11.4. The Morgan fingerprint density at radius 2 is 2.00 bits per heavy atom. The molecule has 1 fully saturated rings. The van der Waals surface area contributed by atoms with Crippen molar-refractivity contribution in [3.05, 3.63) is 34.9 Å². The molecule has 170 valence electrons. The molecule has 0 aliphatic carbocycles. The Balaban J connectivity index is 1.51. The van der Waals surface area contributed by atoms with E-state index in [0.29, 0.717) is 23.5 Å². The summed E-state index contributed by atoms with van der Waals surface area (Å²) < 4.78 is 6.40. The van der Waals surface area contributed by atoms with E-state index in [4.69, 9.17) is 4.74 Å². The summed E-state index contributed by atoms with van der Waals surface area (Å²) in [5.74, 6) is 1.20. The molecule has 0 saturated carbocycles. The van der Waals surface area contributed by atoms with Crippen molar-refractivity contribution in [2.45, 2.75) is 38.8 Å². The van der Waals surface area contributed by atoms with Crippen molar-refractivity contribution >= 4 is 38.7 Å². The molecular formula is C23H29BrN6O2. The number of nitrogens with one attached hydrogen (secondary N) is 3. The Bertz CT molecular complexity index is 1070. The number of carbonyl (C=O) groups excluding carboxylic acids is 1. The predicted molar refractivity (Wildman–Crippen MR) is 130 cm³/mol. The Kier molecular flexibility index (Phi) is 6.95. The van der Waals surface area contributed by atoms with Gasteiger partial charge in [-0.05, 0) is 66.9 Å². The predicted octanol–water partition coefficient (Wildman–Crippen LogP) is 3.80. The van der Waals surface area contributed by atoms with Crippen molar-refractivity contribution in [1.82, 2.24) is 25.2 Å². The van der Waals surface area contributed by atoms with Crippen LogP contribution in [0.25, 0.3) is 22.6 Å². The van der Waals surface area contributed by atoms with Gasteiger partial charge in [-0.25, -0.2) is 9.97 Å². The van der Waals surface area contributed by atoms with Crippen LogP contribution in [0.15, 0.2) is 34.9 Å². The number of piperidine rings is 1. The van der Waals surface area contributed by atoms with Gasteiger partial charge in [0.05, 0.1) is 10.2 Å². The second-order valence-electron chi connectivity index (χ2n) is 8.30. The van der Waals surface area contributed by atoms with Crippen LogP contribution in [0.1, 0.15) is 26.7 Å². The minimum atomic E-state index is -0.169. The smallest absolute Gasteiger partial charge is 0.257 e. The Hall–Kier alpha value is -2.65. The number of carbonyl (C=O) groups is 1. The average Bonchev–Trinajstić information content (AvgIpc) is 3.24. The van der Waals surface area contributed by atoms with Gasteiger partial charge in [-0.1, -0.05) is 0 Å². The molecule has 2 aromatic heterocycles. The van der Waals surface area contributed by atoms with Gasteiger partial charge in [-0.2, -0.15) is 0 Å². The maximum atomic E-state index is 11.4. The normalized spacial score (nSPS) is 15.3. The zero-order valence-electron chi connectivity index (χ0n) is 18.6. The molecule has 0 spiro atoms. The molecule has 1 saturated heterocycles. The average molecular weight is 501 g/mol. The molecule has 0 atom stereocenters. The van der Waals surface area contributed by atoms with E-state index in [1.807, 2.05) is 24.3 Å². The first-order valence-electron chi connectivity index (χ1n) is 10.9. The van der Waals surface area contributed by atoms with Crippen LogP contribution in [-0.4, -0.2) is 64.6 Å². The molecule has 3 aromatic rings. The van der Waals surface area contributed by atoms with Gasteiger partial charge in [0.15, 0.2) is 12.3 Å². The number of benzene rings is 1. The number of nitrogens with zero attached hydrogens (tertiary/aromatic N) is 3. The molecule has 1 amide bonds. The second kappa shape index (κ2) is 9.87. The van der Waals surface area contributed by atoms with E-state index in [0.717, 1.165) is 53.0 Å². The zero-order valence-corrected chi connectivity index (χ0v) is 20.2. The molecule has 0 bridgehead atoms. The molecule has 1 aliphatic rings. The number of H-pyrrole nitrogens is 1. The Morgan fingerprint density at radius 3 is 2.66 bits per heavy atom. The van der Waals surface area contributed by atoms with Crippen LogP contribution in [0.3, 0.4) is 0 Å². The number of aromatic nitrogens is 3. The van der Waals surface area contributed by atoms with Crippen LogP contribution in [-0.2, 0) is 4.79 Å². The van der Waals surface area contributed by atoms with Gasteiger partial charge in [0.2, 0.25) is 0 Å². The molecule has 9 heteroatoms. The van der Waals surface area contributed by atoms with Gasteiger partial charge >= 0.3 is 0 Å². The number of fused-ring (bicyclic) bond motifs is 1. The summed E-state index contributed by atoms with van der Waals surface area (Å²) in [5, 5.41) is 6.25. The van der Waals surface area contributed by atoms with Gasteiger partial charge in [0, 0.05) is 44.0 Å². The second-order valence-corrected chi connectivity index (χ2v) is 9.15. The number of likely N-dealkylation sites (tertiary alicyclic amines) is 1. The van der Waals surface area contributed by atoms with Gasteiger partial charge < -0.3 is 25.3 Å². The third kappa shape index (κ3) is 5.05. The molecule has 1 aromatic carbocycles. The molecule has 0 unspecified atom stereocenters. The van der Waals surface area contributed by atoms with Crippen LogP contribution in [0.4, 0.5) is 5.69 Å². The number of imidazole rings is 1. The van der Waals surface area contributed by atoms with Crippen molar-refractivity contribution in [3.8, 4) is 17.1 Å². The lowest BCUT2D eigenvalue weighted by Gasteiger charge is -2.35. The van der Waals surface area contributed by atoms with E-state index in [9.17, 15) is 4.79 Å². The number of likely N-dealkylation sites (N-methyl/N-ethyl adjacent to an activating group) is 1. The Labute approximate surface area is 196 Å². The van der Waals surface area contributed by atoms with E-state index in [1.54, 1.807) is 13.2 Å². The Morgan fingerprint density at radius 1 is 1.28 bits per heavy atom. The van der Waals surface area contributed by atoms with Gasteiger partial charge in [-0.3, -0.25) is 4.79 Å². The van der Waals surface area contributed by atoms with Crippen molar-refractivity contribution in [2.75, 3.05) is 32.1 Å². The molecule has 3 N–H and O–H groups in total. The molecule has 3 heterocycles. The fourth-order valence-corrected chi connectivity index (χ4v) is 4.32. The summed E-state index contributed by atoms with van der Waals surface area (Å²) in [6.45, 7) is 6.70. The van der Waals surface area contributed by atoms with E-state index >= 15 is 0 Å². The fraction of sp³-hybridized carbons (Fsp3) is 0.435. The summed E-state index contributed by atoms with van der Waals surface area (Å²) in [7, 11) is 1.58. The molecule has 32 heavy (non-hydrogen) atoms. The number of amides is 1. The monoisotopic (exact) mass is 500 g/mol. The highest BCUT2D eigenvalue weighted by molar-refractivity contribution is 9.10. The van der Waals surface area contributed by atoms with Crippen molar-refractivity contribution in [3.63, 3.8) is 0 Å². The van der Waals surface area contributed by atoms with Crippen LogP contribution in [0.5, 0.6) is 5.75 Å². The molecule has 0 radical (unpaired) electrons. The van der Waals surface area contributed by atoms with E-state index in [2.05, 4.69) is 60.3 Å². The number of aromatic amines is 1. The van der Waals surface area contributed by atoms with Crippen LogP contribution >= 0.6 is 15.9 Å². The largest absolute Gasteiger partial charge is 0.484 e. The van der Waals surface area contributed by atoms with Crippen LogP contribution in [0, 0.1) is 0 Å². The number of hydrogen-bond donors (Lipinski definition) is 3. The first kappa shape index (κ1) is 22.5. The van der Waals surface area contributed by atoms with Crippen LogP contribution < -0.4 is 15.4 Å².